The summed E-state index contributed by atoms with van der Waals surface area (Å²) in [6, 6.07) is -0.654. The van der Waals surface area contributed by atoms with Gasteiger partial charge in [0, 0.05) is 6.42 Å². The highest BCUT2D eigenvalue weighted by Crippen LogP contribution is 2.24. The van der Waals surface area contributed by atoms with Crippen LogP contribution in [0.3, 0.4) is 0 Å². The van der Waals surface area contributed by atoms with E-state index in [2.05, 4.69) is 25.7 Å². The van der Waals surface area contributed by atoms with Crippen LogP contribution in [-0.2, 0) is 14.3 Å². The molecule has 1 N–H and O–H groups in total. The topological polar surface area (TPSA) is 75.7 Å². The molecule has 2 rings (SSSR count). The van der Waals surface area contributed by atoms with Gasteiger partial charge in [0.15, 0.2) is 0 Å². The zero-order valence-electron chi connectivity index (χ0n) is 14.4. The number of allylic oxidation sites excluding steroid dienone is 3. The predicted octanol–water partition coefficient (Wildman–Crippen LogP) is 2.33. The summed E-state index contributed by atoms with van der Waals surface area (Å²) >= 11 is 0. The molecule has 2 atom stereocenters. The van der Waals surface area contributed by atoms with Crippen LogP contribution in [0.15, 0.2) is 36.0 Å². The second-order valence-electron chi connectivity index (χ2n) is 6.34. The molecule has 2 heterocycles. The van der Waals surface area contributed by atoms with Crippen molar-refractivity contribution < 1.29 is 19.1 Å². The van der Waals surface area contributed by atoms with Gasteiger partial charge in [0.25, 0.3) is 0 Å². The summed E-state index contributed by atoms with van der Waals surface area (Å²) in [5, 5.41) is 2.26. The standard InChI is InChI=1S/C18H24N2O4/c1-5-13(11(2)3)7-6-12(4)15-10-20(18(23)24-15)14-8-9-16(21)19-17(14)22/h5-7,11,14-15H,4,8-10H2,1-3H3,(H,19,21,22)/b7-6-,13-5+/t14?,15-/m0/s1. The number of rotatable bonds is 5. The highest BCUT2D eigenvalue weighted by molar-refractivity contribution is 6.01. The van der Waals surface area contributed by atoms with Crippen molar-refractivity contribution in [3.8, 4) is 0 Å². The number of piperidine rings is 1. The molecule has 2 saturated heterocycles. The SMILES string of the molecule is C=C(/C=C\C(=C/C)C(C)C)[C@@H]1CN(C2CCC(=O)NC2=O)C(=O)O1. The largest absolute Gasteiger partial charge is 0.439 e. The molecule has 0 aromatic rings. The van der Waals surface area contributed by atoms with E-state index in [0.29, 0.717) is 17.9 Å². The summed E-state index contributed by atoms with van der Waals surface area (Å²) in [5.74, 6) is -0.355. The van der Waals surface area contributed by atoms with Crippen LogP contribution in [0.25, 0.3) is 0 Å². The maximum atomic E-state index is 12.1. The Balaban J connectivity index is 2.01. The Morgan fingerprint density at radius 1 is 1.33 bits per heavy atom. The zero-order chi connectivity index (χ0) is 17.9. The van der Waals surface area contributed by atoms with Crippen molar-refractivity contribution in [1.82, 2.24) is 10.2 Å². The molecule has 0 saturated carbocycles. The molecule has 0 aromatic carbocycles. The first-order chi connectivity index (χ1) is 11.3. The monoisotopic (exact) mass is 332 g/mol. The first-order valence-corrected chi connectivity index (χ1v) is 8.17. The molecule has 130 valence electrons. The predicted molar refractivity (Wildman–Crippen MR) is 90.0 cm³/mol. The number of imide groups is 1. The normalized spacial score (nSPS) is 25.4. The van der Waals surface area contributed by atoms with Crippen molar-refractivity contribution >= 4 is 17.9 Å². The first-order valence-electron chi connectivity index (χ1n) is 8.17. The van der Waals surface area contributed by atoms with E-state index in [9.17, 15) is 14.4 Å². The Morgan fingerprint density at radius 2 is 2.04 bits per heavy atom. The Hall–Kier alpha value is -2.37. The van der Waals surface area contributed by atoms with Gasteiger partial charge >= 0.3 is 6.09 Å². The van der Waals surface area contributed by atoms with Gasteiger partial charge in [0.2, 0.25) is 11.8 Å². The lowest BCUT2D eigenvalue weighted by atomic mass is 10.0. The summed E-state index contributed by atoms with van der Waals surface area (Å²) in [6.07, 6.45) is 5.38. The number of amides is 3. The molecule has 6 heteroatoms. The van der Waals surface area contributed by atoms with Crippen LogP contribution in [-0.4, -0.2) is 41.5 Å². The second-order valence-corrected chi connectivity index (χ2v) is 6.34. The number of nitrogens with zero attached hydrogens (tertiary/aromatic N) is 1. The Morgan fingerprint density at radius 3 is 2.62 bits per heavy atom. The van der Waals surface area contributed by atoms with E-state index in [0.717, 1.165) is 0 Å². The van der Waals surface area contributed by atoms with Gasteiger partial charge in [-0.15, -0.1) is 0 Å². The minimum atomic E-state index is -0.654. The van der Waals surface area contributed by atoms with Gasteiger partial charge in [-0.2, -0.15) is 0 Å². The van der Waals surface area contributed by atoms with Gasteiger partial charge < -0.3 is 4.74 Å². The fourth-order valence-electron chi connectivity index (χ4n) is 2.84. The molecule has 3 amide bonds. The highest BCUT2D eigenvalue weighted by atomic mass is 16.6. The number of hydrogen-bond donors (Lipinski definition) is 1. The zero-order valence-corrected chi connectivity index (χ0v) is 14.4. The van der Waals surface area contributed by atoms with Crippen molar-refractivity contribution in [3.63, 3.8) is 0 Å². The van der Waals surface area contributed by atoms with Crippen molar-refractivity contribution in [2.24, 2.45) is 5.92 Å². The van der Waals surface area contributed by atoms with Crippen molar-refractivity contribution in [3.05, 3.63) is 36.0 Å². The van der Waals surface area contributed by atoms with Crippen LogP contribution < -0.4 is 5.32 Å². The number of nitrogens with one attached hydrogen (secondary N) is 1. The number of cyclic esters (lactones) is 1. The van der Waals surface area contributed by atoms with Crippen LogP contribution in [0.2, 0.25) is 0 Å². The molecule has 6 nitrogen and oxygen atoms in total. The number of carbonyl (C=O) groups excluding carboxylic acids is 3. The molecule has 0 radical (unpaired) electrons. The third-order valence-electron chi connectivity index (χ3n) is 4.33. The molecule has 1 unspecified atom stereocenters. The maximum absolute atomic E-state index is 12.1. The van der Waals surface area contributed by atoms with Gasteiger partial charge in [-0.1, -0.05) is 38.7 Å². The molecular formula is C18H24N2O4. The summed E-state index contributed by atoms with van der Waals surface area (Å²) in [5.41, 5.74) is 1.85. The number of carbonyl (C=O) groups is 3. The smallest absolute Gasteiger partial charge is 0.411 e. The Labute approximate surface area is 142 Å². The lowest BCUT2D eigenvalue weighted by Crippen LogP contribution is -2.52. The fraction of sp³-hybridized carbons (Fsp3) is 0.500. The molecule has 0 aromatic heterocycles. The van der Waals surface area contributed by atoms with E-state index < -0.39 is 24.1 Å². The minimum absolute atomic E-state index is 0.227. The Bertz CT molecular complexity index is 619. The molecule has 0 bridgehead atoms. The lowest BCUT2D eigenvalue weighted by Gasteiger charge is -2.27. The molecule has 24 heavy (non-hydrogen) atoms. The second kappa shape index (κ2) is 7.47. The van der Waals surface area contributed by atoms with Crippen LogP contribution in [0.5, 0.6) is 0 Å². The average Bonchev–Trinajstić information content (AvgIpc) is 2.89. The average molecular weight is 332 g/mol. The molecule has 0 aliphatic carbocycles. The van der Waals surface area contributed by atoms with Gasteiger partial charge in [-0.05, 0) is 30.4 Å². The van der Waals surface area contributed by atoms with Gasteiger partial charge in [0.05, 0.1) is 6.54 Å². The molecular weight excluding hydrogens is 308 g/mol. The summed E-state index contributed by atoms with van der Waals surface area (Å²) in [4.78, 5) is 36.6. The molecule has 2 aliphatic heterocycles. The van der Waals surface area contributed by atoms with Crippen LogP contribution in [0, 0.1) is 5.92 Å². The van der Waals surface area contributed by atoms with E-state index in [4.69, 9.17) is 4.74 Å². The maximum Gasteiger partial charge on any atom is 0.411 e. The molecule has 2 fully saturated rings. The number of ether oxygens (including phenoxy) is 1. The van der Waals surface area contributed by atoms with E-state index in [1.807, 2.05) is 25.2 Å². The van der Waals surface area contributed by atoms with Gasteiger partial charge in [-0.3, -0.25) is 19.8 Å². The first kappa shape index (κ1) is 18.0. The van der Waals surface area contributed by atoms with E-state index >= 15 is 0 Å². The van der Waals surface area contributed by atoms with E-state index in [1.54, 1.807) is 0 Å². The summed E-state index contributed by atoms with van der Waals surface area (Å²) in [7, 11) is 0. The third-order valence-corrected chi connectivity index (χ3v) is 4.33. The summed E-state index contributed by atoms with van der Waals surface area (Å²) in [6.45, 7) is 10.4. The van der Waals surface area contributed by atoms with E-state index in [-0.39, 0.29) is 18.9 Å². The lowest BCUT2D eigenvalue weighted by molar-refractivity contribution is -0.136. The highest BCUT2D eigenvalue weighted by Gasteiger charge is 2.41. The summed E-state index contributed by atoms with van der Waals surface area (Å²) < 4.78 is 5.34. The van der Waals surface area contributed by atoms with Crippen molar-refractivity contribution in [2.45, 2.75) is 45.8 Å². The number of hydrogen-bond acceptors (Lipinski definition) is 4. The van der Waals surface area contributed by atoms with Crippen LogP contribution in [0.1, 0.15) is 33.6 Å². The van der Waals surface area contributed by atoms with Gasteiger partial charge in [0.1, 0.15) is 12.1 Å². The minimum Gasteiger partial charge on any atom is -0.439 e. The van der Waals surface area contributed by atoms with Gasteiger partial charge in [-0.25, -0.2) is 4.79 Å². The molecule has 2 aliphatic rings. The van der Waals surface area contributed by atoms with Crippen LogP contribution >= 0.6 is 0 Å². The Kier molecular flexibility index (Phi) is 5.59. The molecule has 0 spiro atoms. The third kappa shape index (κ3) is 3.93. The van der Waals surface area contributed by atoms with Crippen molar-refractivity contribution in [2.75, 3.05) is 6.54 Å². The van der Waals surface area contributed by atoms with E-state index in [1.165, 1.54) is 10.5 Å². The fourth-order valence-corrected chi connectivity index (χ4v) is 2.84. The van der Waals surface area contributed by atoms with Crippen molar-refractivity contribution in [1.29, 1.82) is 0 Å². The van der Waals surface area contributed by atoms with Crippen LogP contribution in [0.4, 0.5) is 4.79 Å². The quantitative estimate of drug-likeness (QED) is 0.619.